The molecule has 3 heteroatoms. The molecule has 0 heterocycles. The van der Waals surface area contributed by atoms with Crippen LogP contribution in [0.4, 0.5) is 0 Å². The van der Waals surface area contributed by atoms with Gasteiger partial charge in [-0.1, -0.05) is 19.4 Å². The van der Waals surface area contributed by atoms with Crippen LogP contribution in [0.25, 0.3) is 0 Å². The number of rotatable bonds is 3. The van der Waals surface area contributed by atoms with Gasteiger partial charge in [0.15, 0.2) is 5.78 Å². The Labute approximate surface area is 109 Å². The molecule has 0 amide bonds. The van der Waals surface area contributed by atoms with E-state index < -0.39 is 0 Å². The monoisotopic (exact) mass is 250 g/mol. The molecular weight excluding hydrogens is 228 g/mol. The number of fused-ring (bicyclic) bond motifs is 1. The van der Waals surface area contributed by atoms with Gasteiger partial charge in [-0.25, -0.2) is 0 Å². The fourth-order valence-electron chi connectivity index (χ4n) is 3.27. The summed E-state index contributed by atoms with van der Waals surface area (Å²) in [4.78, 5) is 23.2. The standard InChI is InChI=1S/C15H22O3/c1-3-5-14(17)18-13-7-4-6-11-9-12(16)8-10(2)15(11)13/h9-10,13,15H,3-8H2,1-2H3/t10-,13+,15+/m1/s1. The first kappa shape index (κ1) is 13.3. The first-order chi connectivity index (χ1) is 8.61. The summed E-state index contributed by atoms with van der Waals surface area (Å²) in [5, 5.41) is 0. The molecule has 1 saturated carbocycles. The van der Waals surface area contributed by atoms with Crippen LogP contribution in [0.5, 0.6) is 0 Å². The molecule has 0 saturated heterocycles. The minimum atomic E-state index is -0.0900. The first-order valence-corrected chi connectivity index (χ1v) is 7.04. The average Bonchev–Trinajstić information content (AvgIpc) is 2.28. The molecular formula is C15H22O3. The van der Waals surface area contributed by atoms with Crippen molar-refractivity contribution in [3.63, 3.8) is 0 Å². The SMILES string of the molecule is CCCC(=O)O[C@H]1CCCC2=CC(=O)C[C@@H](C)[C@@H]21. The van der Waals surface area contributed by atoms with Crippen LogP contribution in [0.3, 0.4) is 0 Å². The largest absolute Gasteiger partial charge is 0.462 e. The predicted molar refractivity (Wildman–Crippen MR) is 69.0 cm³/mol. The van der Waals surface area contributed by atoms with Crippen molar-refractivity contribution in [3.05, 3.63) is 11.6 Å². The molecule has 0 radical (unpaired) electrons. The van der Waals surface area contributed by atoms with Gasteiger partial charge in [0, 0.05) is 18.8 Å². The van der Waals surface area contributed by atoms with Crippen LogP contribution in [0, 0.1) is 11.8 Å². The highest BCUT2D eigenvalue weighted by molar-refractivity contribution is 5.91. The van der Waals surface area contributed by atoms with Gasteiger partial charge in [-0.05, 0) is 37.7 Å². The van der Waals surface area contributed by atoms with Crippen molar-refractivity contribution in [2.24, 2.45) is 11.8 Å². The molecule has 3 nitrogen and oxygen atoms in total. The van der Waals surface area contributed by atoms with Crippen LogP contribution >= 0.6 is 0 Å². The number of allylic oxidation sites excluding steroid dienone is 1. The van der Waals surface area contributed by atoms with E-state index in [1.165, 1.54) is 5.57 Å². The summed E-state index contributed by atoms with van der Waals surface area (Å²) in [5.41, 5.74) is 1.21. The summed E-state index contributed by atoms with van der Waals surface area (Å²) in [5.74, 6) is 0.719. The van der Waals surface area contributed by atoms with Gasteiger partial charge >= 0.3 is 5.97 Å². The topological polar surface area (TPSA) is 43.4 Å². The molecule has 0 aromatic carbocycles. The Bertz CT molecular complexity index is 370. The maximum absolute atomic E-state index is 11.6. The lowest BCUT2D eigenvalue weighted by molar-refractivity contribution is -0.153. The van der Waals surface area contributed by atoms with Crippen LogP contribution in [0.1, 0.15) is 52.4 Å². The summed E-state index contributed by atoms with van der Waals surface area (Å²) in [6.45, 7) is 4.08. The molecule has 2 aliphatic rings. The van der Waals surface area contributed by atoms with Crippen LogP contribution in [0.15, 0.2) is 11.6 Å². The smallest absolute Gasteiger partial charge is 0.306 e. The Hall–Kier alpha value is -1.12. The molecule has 0 aromatic heterocycles. The summed E-state index contributed by atoms with van der Waals surface area (Å²) >= 11 is 0. The highest BCUT2D eigenvalue weighted by atomic mass is 16.5. The zero-order chi connectivity index (χ0) is 13.1. The quantitative estimate of drug-likeness (QED) is 0.723. The third kappa shape index (κ3) is 2.82. The summed E-state index contributed by atoms with van der Waals surface area (Å²) in [6.07, 6.45) is 6.65. The zero-order valence-corrected chi connectivity index (χ0v) is 11.3. The molecule has 100 valence electrons. The molecule has 0 unspecified atom stereocenters. The lowest BCUT2D eigenvalue weighted by Gasteiger charge is -2.39. The molecule has 0 N–H and O–H groups in total. The van der Waals surface area contributed by atoms with Gasteiger partial charge < -0.3 is 4.74 Å². The van der Waals surface area contributed by atoms with E-state index in [-0.39, 0.29) is 23.8 Å². The lowest BCUT2D eigenvalue weighted by atomic mass is 9.70. The second-order valence-corrected chi connectivity index (χ2v) is 5.56. The molecule has 0 bridgehead atoms. The van der Waals surface area contributed by atoms with E-state index in [9.17, 15) is 9.59 Å². The molecule has 2 aliphatic carbocycles. The molecule has 0 aliphatic heterocycles. The Kier molecular flexibility index (Phi) is 4.20. The number of hydrogen-bond donors (Lipinski definition) is 0. The van der Waals surface area contributed by atoms with Crippen molar-refractivity contribution in [1.29, 1.82) is 0 Å². The number of ketones is 1. The second kappa shape index (κ2) is 5.68. The fraction of sp³-hybridized carbons (Fsp3) is 0.733. The van der Waals surface area contributed by atoms with Gasteiger partial charge in [-0.15, -0.1) is 0 Å². The Morgan fingerprint density at radius 2 is 2.28 bits per heavy atom. The highest BCUT2D eigenvalue weighted by Crippen LogP contribution is 2.40. The van der Waals surface area contributed by atoms with E-state index in [2.05, 4.69) is 6.92 Å². The number of esters is 1. The van der Waals surface area contributed by atoms with Gasteiger partial charge in [-0.3, -0.25) is 9.59 Å². The third-order valence-corrected chi connectivity index (χ3v) is 4.00. The number of ether oxygens (including phenoxy) is 1. The highest BCUT2D eigenvalue weighted by Gasteiger charge is 2.38. The molecule has 3 atom stereocenters. The normalized spacial score (nSPS) is 31.6. The number of carbonyl (C=O) groups excluding carboxylic acids is 2. The summed E-state index contributed by atoms with van der Waals surface area (Å²) < 4.78 is 5.62. The molecule has 1 fully saturated rings. The van der Waals surface area contributed by atoms with Gasteiger partial charge in [0.2, 0.25) is 0 Å². The van der Waals surface area contributed by atoms with Gasteiger partial charge in [0.1, 0.15) is 6.10 Å². The van der Waals surface area contributed by atoms with Crippen molar-refractivity contribution in [3.8, 4) is 0 Å². The molecule has 0 aromatic rings. The maximum Gasteiger partial charge on any atom is 0.306 e. The van der Waals surface area contributed by atoms with Crippen LogP contribution in [-0.2, 0) is 14.3 Å². The minimum absolute atomic E-state index is 0.00727. The molecule has 0 spiro atoms. The van der Waals surface area contributed by atoms with Gasteiger partial charge in [0.05, 0.1) is 0 Å². The molecule has 2 rings (SSSR count). The summed E-state index contributed by atoms with van der Waals surface area (Å²) in [6, 6.07) is 0. The van der Waals surface area contributed by atoms with Gasteiger partial charge in [0.25, 0.3) is 0 Å². The van der Waals surface area contributed by atoms with Crippen molar-refractivity contribution in [1.82, 2.24) is 0 Å². The van der Waals surface area contributed by atoms with Crippen LogP contribution in [0.2, 0.25) is 0 Å². The van der Waals surface area contributed by atoms with Crippen LogP contribution in [-0.4, -0.2) is 17.9 Å². The average molecular weight is 250 g/mol. The van der Waals surface area contributed by atoms with Crippen LogP contribution < -0.4 is 0 Å². The van der Waals surface area contributed by atoms with E-state index in [1.807, 2.05) is 6.92 Å². The summed E-state index contributed by atoms with van der Waals surface area (Å²) in [7, 11) is 0. The number of carbonyl (C=O) groups is 2. The minimum Gasteiger partial charge on any atom is -0.462 e. The van der Waals surface area contributed by atoms with E-state index in [0.29, 0.717) is 18.8 Å². The Morgan fingerprint density at radius 1 is 1.50 bits per heavy atom. The fourth-order valence-corrected chi connectivity index (χ4v) is 3.27. The number of hydrogen-bond acceptors (Lipinski definition) is 3. The predicted octanol–water partition coefficient (Wildman–Crippen LogP) is 3.03. The van der Waals surface area contributed by atoms with Crippen molar-refractivity contribution >= 4 is 11.8 Å². The van der Waals surface area contributed by atoms with Crippen molar-refractivity contribution in [2.75, 3.05) is 0 Å². The van der Waals surface area contributed by atoms with Crippen molar-refractivity contribution in [2.45, 2.75) is 58.5 Å². The van der Waals surface area contributed by atoms with E-state index >= 15 is 0 Å². The third-order valence-electron chi connectivity index (χ3n) is 4.00. The Morgan fingerprint density at radius 3 is 3.00 bits per heavy atom. The lowest BCUT2D eigenvalue weighted by Crippen LogP contribution is -2.38. The van der Waals surface area contributed by atoms with E-state index in [0.717, 1.165) is 25.7 Å². The molecule has 18 heavy (non-hydrogen) atoms. The van der Waals surface area contributed by atoms with E-state index in [1.54, 1.807) is 6.08 Å². The van der Waals surface area contributed by atoms with Gasteiger partial charge in [-0.2, -0.15) is 0 Å². The Balaban J connectivity index is 2.09. The second-order valence-electron chi connectivity index (χ2n) is 5.56. The van der Waals surface area contributed by atoms with E-state index in [4.69, 9.17) is 4.74 Å². The van der Waals surface area contributed by atoms with Crippen molar-refractivity contribution < 1.29 is 14.3 Å². The zero-order valence-electron chi connectivity index (χ0n) is 11.3. The maximum atomic E-state index is 11.6. The first-order valence-electron chi connectivity index (χ1n) is 7.04.